The van der Waals surface area contributed by atoms with Gasteiger partial charge in [0.2, 0.25) is 0 Å². The first kappa shape index (κ1) is 8.31. The van der Waals surface area contributed by atoms with Crippen molar-refractivity contribution in [3.05, 3.63) is 30.1 Å². The van der Waals surface area contributed by atoms with Gasteiger partial charge in [0.15, 0.2) is 5.11 Å². The Kier molecular flexibility index (Phi) is 2.06. The van der Waals surface area contributed by atoms with E-state index in [2.05, 4.69) is 4.99 Å². The lowest BCUT2D eigenvalue weighted by Gasteiger charge is -2.15. The highest BCUT2D eigenvalue weighted by molar-refractivity contribution is 7.80. The van der Waals surface area contributed by atoms with Crippen molar-refractivity contribution < 1.29 is 4.39 Å². The summed E-state index contributed by atoms with van der Waals surface area (Å²) in [5.41, 5.74) is 0.879. The van der Waals surface area contributed by atoms with Gasteiger partial charge in [-0.05, 0) is 36.5 Å². The molecular formula is C9H7FN2S. The van der Waals surface area contributed by atoms with Gasteiger partial charge < -0.3 is 4.90 Å². The third-order valence-electron chi connectivity index (χ3n) is 1.84. The molecule has 13 heavy (non-hydrogen) atoms. The number of rotatable bonds is 1. The number of halogens is 1. The molecule has 1 aliphatic heterocycles. The third kappa shape index (κ3) is 1.58. The molecule has 66 valence electrons. The van der Waals surface area contributed by atoms with Crippen LogP contribution in [0.5, 0.6) is 0 Å². The molecule has 0 aliphatic carbocycles. The van der Waals surface area contributed by atoms with Crippen molar-refractivity contribution in [1.82, 2.24) is 0 Å². The van der Waals surface area contributed by atoms with E-state index in [0.717, 1.165) is 5.69 Å². The number of anilines is 1. The van der Waals surface area contributed by atoms with Crippen molar-refractivity contribution in [2.75, 3.05) is 11.4 Å². The van der Waals surface area contributed by atoms with Crippen LogP contribution in [0.4, 0.5) is 10.1 Å². The molecule has 0 amide bonds. The molecule has 0 radical (unpaired) electrons. The molecule has 2 rings (SSSR count). The van der Waals surface area contributed by atoms with Gasteiger partial charge in [0, 0.05) is 11.9 Å². The third-order valence-corrected chi connectivity index (χ3v) is 2.16. The minimum atomic E-state index is -0.241. The molecule has 0 atom stereocenters. The molecule has 0 N–H and O–H groups in total. The van der Waals surface area contributed by atoms with Crippen LogP contribution in [0.1, 0.15) is 0 Å². The van der Waals surface area contributed by atoms with E-state index < -0.39 is 0 Å². The van der Waals surface area contributed by atoms with Gasteiger partial charge in [0.25, 0.3) is 0 Å². The van der Waals surface area contributed by atoms with Crippen LogP contribution in [-0.2, 0) is 0 Å². The van der Waals surface area contributed by atoms with E-state index in [1.165, 1.54) is 12.1 Å². The van der Waals surface area contributed by atoms with Crippen LogP contribution in [0, 0.1) is 5.82 Å². The zero-order chi connectivity index (χ0) is 9.26. The minimum absolute atomic E-state index is 0.241. The molecule has 0 spiro atoms. The van der Waals surface area contributed by atoms with E-state index in [1.54, 1.807) is 18.3 Å². The molecule has 1 aliphatic rings. The summed E-state index contributed by atoms with van der Waals surface area (Å²) in [4.78, 5) is 5.80. The van der Waals surface area contributed by atoms with E-state index >= 15 is 0 Å². The summed E-state index contributed by atoms with van der Waals surface area (Å²) in [5, 5.41) is 0.534. The van der Waals surface area contributed by atoms with E-state index in [-0.39, 0.29) is 5.82 Å². The zero-order valence-electron chi connectivity index (χ0n) is 6.77. The molecule has 1 aromatic carbocycles. The molecule has 1 heterocycles. The minimum Gasteiger partial charge on any atom is -0.312 e. The Labute approximate surface area is 80.7 Å². The number of hydrogen-bond donors (Lipinski definition) is 0. The Morgan fingerprint density at radius 2 is 2.00 bits per heavy atom. The fraction of sp³-hybridized carbons (Fsp3) is 0.111. The maximum atomic E-state index is 12.6. The van der Waals surface area contributed by atoms with Crippen LogP contribution in [-0.4, -0.2) is 17.9 Å². The average molecular weight is 194 g/mol. The van der Waals surface area contributed by atoms with Crippen LogP contribution in [0.3, 0.4) is 0 Å². The SMILES string of the molecule is Fc1ccc(N2CC=NC2=S)cc1. The van der Waals surface area contributed by atoms with Crippen LogP contribution >= 0.6 is 12.2 Å². The van der Waals surface area contributed by atoms with E-state index in [4.69, 9.17) is 12.2 Å². The number of benzene rings is 1. The van der Waals surface area contributed by atoms with Crippen LogP contribution in [0.2, 0.25) is 0 Å². The predicted octanol–water partition coefficient (Wildman–Crippen LogP) is 2.00. The van der Waals surface area contributed by atoms with Crippen LogP contribution < -0.4 is 4.90 Å². The fourth-order valence-electron chi connectivity index (χ4n) is 1.19. The first-order valence-corrected chi connectivity index (χ1v) is 4.28. The van der Waals surface area contributed by atoms with Crippen molar-refractivity contribution in [1.29, 1.82) is 0 Å². The molecule has 4 heteroatoms. The van der Waals surface area contributed by atoms with Gasteiger partial charge in [-0.1, -0.05) is 0 Å². The van der Waals surface area contributed by atoms with Crippen LogP contribution in [0.25, 0.3) is 0 Å². The van der Waals surface area contributed by atoms with Gasteiger partial charge in [0.1, 0.15) is 5.82 Å². The topological polar surface area (TPSA) is 15.6 Å². The number of aliphatic imine (C=N–C) groups is 1. The van der Waals surface area contributed by atoms with Crippen molar-refractivity contribution in [3.8, 4) is 0 Å². The standard InChI is InChI=1S/C9H7FN2S/c10-7-1-3-8(4-2-7)12-6-5-11-9(12)13/h1-5H,6H2. The molecule has 0 fully saturated rings. The lowest BCUT2D eigenvalue weighted by atomic mass is 10.3. The van der Waals surface area contributed by atoms with E-state index in [0.29, 0.717) is 11.7 Å². The van der Waals surface area contributed by atoms with Gasteiger partial charge in [-0.3, -0.25) is 0 Å². The lowest BCUT2D eigenvalue weighted by molar-refractivity contribution is 0.628. The molecule has 0 aromatic heterocycles. The Hall–Kier alpha value is -1.29. The Morgan fingerprint density at radius 1 is 1.31 bits per heavy atom. The highest BCUT2D eigenvalue weighted by Crippen LogP contribution is 2.17. The second-order valence-corrected chi connectivity index (χ2v) is 3.05. The summed E-state index contributed by atoms with van der Waals surface area (Å²) in [6, 6.07) is 6.21. The second kappa shape index (κ2) is 3.22. The summed E-state index contributed by atoms with van der Waals surface area (Å²) in [6.45, 7) is 0.671. The molecular weight excluding hydrogens is 187 g/mol. The quantitative estimate of drug-likeness (QED) is 0.635. The van der Waals surface area contributed by atoms with Crippen molar-refractivity contribution in [2.45, 2.75) is 0 Å². The normalized spacial score (nSPS) is 15.5. The Balaban J connectivity index is 2.26. The van der Waals surface area contributed by atoms with E-state index in [1.807, 2.05) is 4.90 Å². The second-order valence-electron chi connectivity index (χ2n) is 2.68. The van der Waals surface area contributed by atoms with Crippen molar-refractivity contribution in [2.24, 2.45) is 4.99 Å². The monoisotopic (exact) mass is 194 g/mol. The highest BCUT2D eigenvalue weighted by Gasteiger charge is 2.13. The summed E-state index contributed by atoms with van der Waals surface area (Å²) in [6.07, 6.45) is 1.74. The molecule has 0 bridgehead atoms. The molecule has 2 nitrogen and oxygen atoms in total. The van der Waals surface area contributed by atoms with Crippen LogP contribution in [0.15, 0.2) is 29.3 Å². The van der Waals surface area contributed by atoms with Gasteiger partial charge >= 0.3 is 0 Å². The number of nitrogens with zero attached hydrogens (tertiary/aromatic N) is 2. The van der Waals surface area contributed by atoms with Crippen molar-refractivity contribution >= 4 is 29.2 Å². The summed E-state index contributed by atoms with van der Waals surface area (Å²) in [7, 11) is 0. The fourth-order valence-corrected chi connectivity index (χ4v) is 1.44. The summed E-state index contributed by atoms with van der Waals surface area (Å²) < 4.78 is 12.6. The molecule has 1 aromatic rings. The van der Waals surface area contributed by atoms with Crippen molar-refractivity contribution in [3.63, 3.8) is 0 Å². The summed E-state index contributed by atoms with van der Waals surface area (Å²) >= 11 is 4.99. The summed E-state index contributed by atoms with van der Waals surface area (Å²) in [5.74, 6) is -0.241. The number of hydrogen-bond acceptors (Lipinski definition) is 1. The molecule has 0 saturated carbocycles. The Morgan fingerprint density at radius 3 is 2.54 bits per heavy atom. The molecule has 0 saturated heterocycles. The zero-order valence-corrected chi connectivity index (χ0v) is 7.59. The van der Waals surface area contributed by atoms with Gasteiger partial charge in [-0.2, -0.15) is 0 Å². The largest absolute Gasteiger partial charge is 0.312 e. The first-order valence-electron chi connectivity index (χ1n) is 3.87. The maximum absolute atomic E-state index is 12.6. The predicted molar refractivity (Wildman–Crippen MR) is 54.8 cm³/mol. The first-order chi connectivity index (χ1) is 6.27. The lowest BCUT2D eigenvalue weighted by Crippen LogP contribution is -2.23. The maximum Gasteiger partial charge on any atom is 0.199 e. The Bertz CT molecular complexity index is 358. The number of thiocarbonyl (C=S) groups is 1. The average Bonchev–Trinajstić information content (AvgIpc) is 2.53. The van der Waals surface area contributed by atoms with Gasteiger partial charge in [-0.15, -0.1) is 0 Å². The highest BCUT2D eigenvalue weighted by atomic mass is 32.1. The van der Waals surface area contributed by atoms with Gasteiger partial charge in [-0.25, -0.2) is 9.38 Å². The molecule has 0 unspecified atom stereocenters. The van der Waals surface area contributed by atoms with E-state index in [9.17, 15) is 4.39 Å². The smallest absolute Gasteiger partial charge is 0.199 e. The van der Waals surface area contributed by atoms with Gasteiger partial charge in [0.05, 0.1) is 6.54 Å².